The lowest BCUT2D eigenvalue weighted by Crippen LogP contribution is -2.57. The standard InChI is InChI=1S/C26H27F2N5O2/c1-35-25-10-15(9-23(27)32-25)14-2-6-18(22(34)8-14)20-12-30-24(13-29-20)33(17-4-5-17)21-11-16-3-7-19(31-16)26(21)28/h2,6,8-10,12-13,16-17,19,21,26,31,34H,3-5,7,11H2,1H3/t16-,19+,21-,26+/m1/s1. The van der Waals surface area contributed by atoms with Crippen LogP contribution in [0.5, 0.6) is 11.6 Å². The quantitative estimate of drug-likeness (QED) is 0.511. The minimum Gasteiger partial charge on any atom is -0.507 e. The zero-order chi connectivity index (χ0) is 24.1. The molecule has 182 valence electrons. The third kappa shape index (κ3) is 4.18. The molecule has 0 spiro atoms. The Morgan fingerprint density at radius 2 is 1.91 bits per heavy atom. The third-order valence-corrected chi connectivity index (χ3v) is 7.34. The molecule has 3 aromatic rings. The van der Waals surface area contributed by atoms with Crippen LogP contribution in [-0.4, -0.2) is 57.5 Å². The van der Waals surface area contributed by atoms with E-state index in [2.05, 4.69) is 25.2 Å². The molecule has 1 aliphatic carbocycles. The maximum atomic E-state index is 15.3. The molecule has 2 N–H and O–H groups in total. The predicted molar refractivity (Wildman–Crippen MR) is 128 cm³/mol. The number of aromatic nitrogens is 3. The van der Waals surface area contributed by atoms with Gasteiger partial charge in [0.2, 0.25) is 11.8 Å². The fourth-order valence-electron chi connectivity index (χ4n) is 5.49. The molecule has 4 heterocycles. The number of hydrogen-bond donors (Lipinski definition) is 2. The molecule has 3 fully saturated rings. The molecular weight excluding hydrogens is 452 g/mol. The number of phenolic OH excluding ortho intramolecular Hbond substituents is 1. The minimum absolute atomic E-state index is 0.00135. The first kappa shape index (κ1) is 22.2. The summed E-state index contributed by atoms with van der Waals surface area (Å²) in [5.41, 5.74) is 2.17. The Balaban J connectivity index is 1.26. The molecule has 1 saturated carbocycles. The zero-order valence-corrected chi connectivity index (χ0v) is 19.4. The van der Waals surface area contributed by atoms with Crippen LogP contribution in [0.2, 0.25) is 0 Å². The van der Waals surface area contributed by atoms with Crippen molar-refractivity contribution in [2.75, 3.05) is 12.0 Å². The number of phenols is 1. The Kier molecular flexibility index (Phi) is 5.51. The highest BCUT2D eigenvalue weighted by Gasteiger charge is 2.48. The van der Waals surface area contributed by atoms with E-state index in [1.165, 1.54) is 13.2 Å². The summed E-state index contributed by atoms with van der Waals surface area (Å²) in [5.74, 6) is 0.170. The molecule has 2 saturated heterocycles. The number of fused-ring (bicyclic) bond motifs is 2. The number of methoxy groups -OCH3 is 1. The van der Waals surface area contributed by atoms with E-state index in [4.69, 9.17) is 4.74 Å². The summed E-state index contributed by atoms with van der Waals surface area (Å²) in [6.07, 6.45) is 7.15. The summed E-state index contributed by atoms with van der Waals surface area (Å²) in [7, 11) is 1.42. The second kappa shape index (κ2) is 8.71. The number of nitrogens with zero attached hydrogens (tertiary/aromatic N) is 4. The van der Waals surface area contributed by atoms with Crippen molar-refractivity contribution < 1.29 is 18.6 Å². The zero-order valence-electron chi connectivity index (χ0n) is 19.4. The number of aromatic hydroxyl groups is 1. The Bertz CT molecular complexity index is 1240. The SMILES string of the molecule is COc1cc(-c2ccc(-c3cnc(N(C4CC4)[C@@H]4C[C@H]5CC[C@H](N5)[C@@H]4F)cn3)c(O)c2)cc(F)n1. The maximum Gasteiger partial charge on any atom is 0.216 e. The van der Waals surface area contributed by atoms with Gasteiger partial charge in [0.25, 0.3) is 0 Å². The van der Waals surface area contributed by atoms with Gasteiger partial charge >= 0.3 is 0 Å². The monoisotopic (exact) mass is 479 g/mol. The molecule has 4 atom stereocenters. The van der Waals surface area contributed by atoms with E-state index in [1.807, 2.05) is 0 Å². The second-order valence-corrected chi connectivity index (χ2v) is 9.65. The lowest BCUT2D eigenvalue weighted by atomic mass is 9.96. The summed E-state index contributed by atoms with van der Waals surface area (Å²) < 4.78 is 34.1. The molecule has 2 aliphatic heterocycles. The van der Waals surface area contributed by atoms with Crippen LogP contribution in [0, 0.1) is 5.95 Å². The first-order valence-corrected chi connectivity index (χ1v) is 12.1. The Morgan fingerprint density at radius 1 is 1.06 bits per heavy atom. The van der Waals surface area contributed by atoms with Crippen LogP contribution in [-0.2, 0) is 0 Å². The number of alkyl halides is 1. The molecule has 2 aromatic heterocycles. The molecular formula is C26H27F2N5O2. The van der Waals surface area contributed by atoms with Crippen LogP contribution >= 0.6 is 0 Å². The van der Waals surface area contributed by atoms with Crippen LogP contribution in [0.4, 0.5) is 14.6 Å². The van der Waals surface area contributed by atoms with Gasteiger partial charge in [0.1, 0.15) is 17.7 Å². The number of nitrogens with one attached hydrogen (secondary N) is 1. The number of ether oxygens (including phenoxy) is 1. The van der Waals surface area contributed by atoms with Crippen molar-refractivity contribution in [1.82, 2.24) is 20.3 Å². The van der Waals surface area contributed by atoms with Crippen molar-refractivity contribution in [3.63, 3.8) is 0 Å². The summed E-state index contributed by atoms with van der Waals surface area (Å²) >= 11 is 0. The van der Waals surface area contributed by atoms with Gasteiger partial charge < -0.3 is 20.1 Å². The molecule has 2 bridgehead atoms. The Labute approximate surface area is 202 Å². The lowest BCUT2D eigenvalue weighted by molar-refractivity contribution is 0.171. The normalized spacial score (nSPS) is 25.5. The van der Waals surface area contributed by atoms with Gasteiger partial charge in [0.05, 0.1) is 31.2 Å². The van der Waals surface area contributed by atoms with Gasteiger partial charge in [-0.1, -0.05) is 6.07 Å². The van der Waals surface area contributed by atoms with E-state index in [9.17, 15) is 9.50 Å². The lowest BCUT2D eigenvalue weighted by Gasteiger charge is -2.41. The van der Waals surface area contributed by atoms with Gasteiger partial charge in [-0.3, -0.25) is 4.98 Å². The highest BCUT2D eigenvalue weighted by atomic mass is 19.1. The number of hydrogen-bond acceptors (Lipinski definition) is 7. The highest BCUT2D eigenvalue weighted by molar-refractivity contribution is 5.74. The van der Waals surface area contributed by atoms with Crippen molar-refractivity contribution in [3.05, 3.63) is 48.7 Å². The summed E-state index contributed by atoms with van der Waals surface area (Å²) in [6, 6.07) is 8.34. The maximum absolute atomic E-state index is 15.3. The largest absolute Gasteiger partial charge is 0.507 e. The molecule has 0 radical (unpaired) electrons. The van der Waals surface area contributed by atoms with Gasteiger partial charge in [-0.15, -0.1) is 0 Å². The van der Waals surface area contributed by atoms with Gasteiger partial charge in [-0.2, -0.15) is 9.37 Å². The molecule has 0 unspecified atom stereocenters. The molecule has 0 amide bonds. The average Bonchev–Trinajstić information content (AvgIpc) is 3.62. The minimum atomic E-state index is -0.927. The molecule has 3 aliphatic rings. The van der Waals surface area contributed by atoms with Crippen LogP contribution < -0.4 is 15.0 Å². The number of pyridine rings is 1. The van der Waals surface area contributed by atoms with E-state index < -0.39 is 12.1 Å². The molecule has 9 heteroatoms. The first-order chi connectivity index (χ1) is 17.0. The number of piperidine rings is 1. The predicted octanol–water partition coefficient (Wildman–Crippen LogP) is 4.26. The van der Waals surface area contributed by atoms with Crippen molar-refractivity contribution in [2.45, 2.75) is 62.4 Å². The van der Waals surface area contributed by atoms with Gasteiger partial charge in [0, 0.05) is 35.8 Å². The Morgan fingerprint density at radius 3 is 2.63 bits per heavy atom. The average molecular weight is 480 g/mol. The summed E-state index contributed by atoms with van der Waals surface area (Å²) in [4.78, 5) is 15.0. The van der Waals surface area contributed by atoms with Crippen LogP contribution in [0.1, 0.15) is 32.1 Å². The van der Waals surface area contributed by atoms with E-state index in [1.54, 1.807) is 36.7 Å². The molecule has 7 nitrogen and oxygen atoms in total. The van der Waals surface area contributed by atoms with E-state index in [-0.39, 0.29) is 23.7 Å². The van der Waals surface area contributed by atoms with Gasteiger partial charge in [0.15, 0.2) is 0 Å². The third-order valence-electron chi connectivity index (χ3n) is 7.34. The summed E-state index contributed by atoms with van der Waals surface area (Å²) in [5, 5.41) is 14.1. The smallest absolute Gasteiger partial charge is 0.216 e. The fourth-order valence-corrected chi connectivity index (χ4v) is 5.49. The van der Waals surface area contributed by atoms with Crippen LogP contribution in [0.3, 0.4) is 0 Å². The molecule has 35 heavy (non-hydrogen) atoms. The van der Waals surface area contributed by atoms with E-state index >= 15 is 4.39 Å². The van der Waals surface area contributed by atoms with E-state index in [0.717, 1.165) is 32.1 Å². The number of benzene rings is 1. The van der Waals surface area contributed by atoms with Crippen LogP contribution in [0.15, 0.2) is 42.7 Å². The van der Waals surface area contributed by atoms with Crippen molar-refractivity contribution in [3.8, 4) is 34.0 Å². The van der Waals surface area contributed by atoms with Gasteiger partial charge in [-0.25, -0.2) is 9.37 Å². The highest BCUT2D eigenvalue weighted by Crippen LogP contribution is 2.40. The van der Waals surface area contributed by atoms with E-state index in [0.29, 0.717) is 40.3 Å². The summed E-state index contributed by atoms with van der Waals surface area (Å²) in [6.45, 7) is 0. The number of rotatable bonds is 6. The van der Waals surface area contributed by atoms with Crippen LogP contribution in [0.25, 0.3) is 22.4 Å². The molecule has 6 rings (SSSR count). The second-order valence-electron chi connectivity index (χ2n) is 9.65. The topological polar surface area (TPSA) is 83.4 Å². The fraction of sp³-hybridized carbons (Fsp3) is 0.423. The van der Waals surface area contributed by atoms with Crippen molar-refractivity contribution in [1.29, 1.82) is 0 Å². The first-order valence-electron chi connectivity index (χ1n) is 12.1. The van der Waals surface area contributed by atoms with Crippen molar-refractivity contribution >= 4 is 5.82 Å². The van der Waals surface area contributed by atoms with Crippen molar-refractivity contribution in [2.24, 2.45) is 0 Å². The number of anilines is 1. The van der Waals surface area contributed by atoms with Gasteiger partial charge in [-0.05, 0) is 55.4 Å². The number of halogens is 2. The Hall–Kier alpha value is -3.33. The molecule has 1 aromatic carbocycles.